The number of methoxy groups -OCH3 is 1. The highest BCUT2D eigenvalue weighted by atomic mass is 32.2. The first-order valence-electron chi connectivity index (χ1n) is 6.42. The van der Waals surface area contributed by atoms with Crippen LogP contribution in [-0.4, -0.2) is 27.7 Å². The molecule has 1 aromatic rings. The van der Waals surface area contributed by atoms with Crippen molar-refractivity contribution in [2.45, 2.75) is 42.8 Å². The van der Waals surface area contributed by atoms with Crippen LogP contribution in [0.4, 0.5) is 4.39 Å². The predicted octanol–water partition coefficient (Wildman–Crippen LogP) is 1.81. The van der Waals surface area contributed by atoms with Gasteiger partial charge in [0.2, 0.25) is 10.0 Å². The predicted molar refractivity (Wildman–Crippen MR) is 71.5 cm³/mol. The molecule has 0 aromatic heterocycles. The highest BCUT2D eigenvalue weighted by molar-refractivity contribution is 7.89. The molecule has 2 N–H and O–H groups in total. The molecule has 0 heterocycles. The second kappa shape index (κ2) is 6.07. The number of rotatable bonds is 4. The number of ether oxygens (including phenoxy) is 2. The molecule has 2 unspecified atom stereocenters. The third-order valence-electron chi connectivity index (χ3n) is 3.44. The molecule has 0 spiro atoms. The van der Waals surface area contributed by atoms with E-state index in [1.54, 1.807) is 7.11 Å². The normalized spacial score (nSPS) is 23.6. The molecule has 20 heavy (non-hydrogen) atoms. The molecule has 0 amide bonds. The summed E-state index contributed by atoms with van der Waals surface area (Å²) in [5.74, 6) is -0.685. The van der Waals surface area contributed by atoms with E-state index < -0.39 is 15.8 Å². The van der Waals surface area contributed by atoms with Gasteiger partial charge >= 0.3 is 0 Å². The van der Waals surface area contributed by atoms with Gasteiger partial charge in [-0.15, -0.1) is 0 Å². The first-order valence-corrected chi connectivity index (χ1v) is 7.96. The van der Waals surface area contributed by atoms with E-state index >= 15 is 0 Å². The topological polar surface area (TPSA) is 78.6 Å². The second-order valence-electron chi connectivity index (χ2n) is 4.90. The van der Waals surface area contributed by atoms with Gasteiger partial charge < -0.3 is 9.47 Å². The van der Waals surface area contributed by atoms with Gasteiger partial charge in [0.15, 0.2) is 11.6 Å². The lowest BCUT2D eigenvalue weighted by Crippen LogP contribution is -2.29. The van der Waals surface area contributed by atoms with Crippen molar-refractivity contribution in [3.63, 3.8) is 0 Å². The SMILES string of the molecule is COC1CCCC(Oc2ccc(S(N)(=O)=O)cc2F)C1. The Kier molecular flexibility index (Phi) is 4.62. The number of benzene rings is 1. The van der Waals surface area contributed by atoms with Crippen LogP contribution in [0.25, 0.3) is 0 Å². The van der Waals surface area contributed by atoms with E-state index in [9.17, 15) is 12.8 Å². The van der Waals surface area contributed by atoms with Crippen molar-refractivity contribution in [2.75, 3.05) is 7.11 Å². The van der Waals surface area contributed by atoms with Crippen molar-refractivity contribution in [1.82, 2.24) is 0 Å². The minimum atomic E-state index is -3.90. The first kappa shape index (κ1) is 15.2. The van der Waals surface area contributed by atoms with Crippen LogP contribution in [0.1, 0.15) is 25.7 Å². The summed E-state index contributed by atoms with van der Waals surface area (Å²) in [4.78, 5) is -0.263. The van der Waals surface area contributed by atoms with Crippen molar-refractivity contribution >= 4 is 10.0 Å². The van der Waals surface area contributed by atoms with E-state index in [0.29, 0.717) is 6.42 Å². The molecule has 1 aromatic carbocycles. The lowest BCUT2D eigenvalue weighted by atomic mass is 9.95. The summed E-state index contributed by atoms with van der Waals surface area (Å²) >= 11 is 0. The maximum Gasteiger partial charge on any atom is 0.238 e. The van der Waals surface area contributed by atoms with Crippen LogP contribution in [0, 0.1) is 5.82 Å². The number of nitrogens with two attached hydrogens (primary N) is 1. The smallest absolute Gasteiger partial charge is 0.238 e. The molecule has 7 heteroatoms. The molecule has 1 fully saturated rings. The lowest BCUT2D eigenvalue weighted by Gasteiger charge is -2.28. The molecule has 5 nitrogen and oxygen atoms in total. The van der Waals surface area contributed by atoms with Crippen molar-refractivity contribution < 1.29 is 22.3 Å². The zero-order valence-corrected chi connectivity index (χ0v) is 12.0. The van der Waals surface area contributed by atoms with Gasteiger partial charge in [-0.25, -0.2) is 17.9 Å². The average molecular weight is 303 g/mol. The Morgan fingerprint density at radius 3 is 2.60 bits per heavy atom. The quantitative estimate of drug-likeness (QED) is 0.920. The summed E-state index contributed by atoms with van der Waals surface area (Å²) in [7, 11) is -2.26. The minimum absolute atomic E-state index is 0.0409. The summed E-state index contributed by atoms with van der Waals surface area (Å²) in [5, 5.41) is 4.94. The fraction of sp³-hybridized carbons (Fsp3) is 0.538. The van der Waals surface area contributed by atoms with Crippen molar-refractivity contribution in [1.29, 1.82) is 0 Å². The van der Waals surface area contributed by atoms with Gasteiger partial charge in [0.1, 0.15) is 6.10 Å². The maximum absolute atomic E-state index is 13.8. The Morgan fingerprint density at radius 1 is 1.30 bits per heavy atom. The number of sulfonamides is 1. The molecule has 1 saturated carbocycles. The fourth-order valence-corrected chi connectivity index (χ4v) is 2.88. The van der Waals surface area contributed by atoms with E-state index in [1.165, 1.54) is 12.1 Å². The van der Waals surface area contributed by atoms with Crippen LogP contribution in [0.5, 0.6) is 5.75 Å². The van der Waals surface area contributed by atoms with E-state index in [1.807, 2.05) is 0 Å². The molecule has 1 aliphatic rings. The monoisotopic (exact) mass is 303 g/mol. The Labute approximate surface area is 117 Å². The molecule has 0 radical (unpaired) electrons. The zero-order valence-electron chi connectivity index (χ0n) is 11.2. The highest BCUT2D eigenvalue weighted by Gasteiger charge is 2.24. The van der Waals surface area contributed by atoms with E-state index in [0.717, 1.165) is 25.3 Å². The van der Waals surface area contributed by atoms with Gasteiger partial charge in [0, 0.05) is 13.5 Å². The molecule has 0 bridgehead atoms. The molecular weight excluding hydrogens is 285 g/mol. The van der Waals surface area contributed by atoms with Gasteiger partial charge in [-0.05, 0) is 37.5 Å². The number of hydrogen-bond donors (Lipinski definition) is 1. The summed E-state index contributed by atoms with van der Waals surface area (Å²) in [6.45, 7) is 0. The molecule has 1 aliphatic carbocycles. The van der Waals surface area contributed by atoms with Crippen LogP contribution in [0.3, 0.4) is 0 Å². The largest absolute Gasteiger partial charge is 0.487 e. The Bertz CT molecular complexity index is 576. The molecule has 0 saturated heterocycles. The maximum atomic E-state index is 13.8. The third-order valence-corrected chi connectivity index (χ3v) is 4.35. The van der Waals surface area contributed by atoms with Crippen LogP contribution in [0.2, 0.25) is 0 Å². The minimum Gasteiger partial charge on any atom is -0.487 e. The fourth-order valence-electron chi connectivity index (χ4n) is 2.36. The van der Waals surface area contributed by atoms with Crippen LogP contribution in [0.15, 0.2) is 23.1 Å². The molecule has 0 aliphatic heterocycles. The Morgan fingerprint density at radius 2 is 2.00 bits per heavy atom. The lowest BCUT2D eigenvalue weighted by molar-refractivity contribution is 0.0197. The van der Waals surface area contributed by atoms with Crippen molar-refractivity contribution in [3.8, 4) is 5.75 Å². The number of primary sulfonamides is 1. The van der Waals surface area contributed by atoms with Gasteiger partial charge in [0.05, 0.1) is 11.0 Å². The molecule has 2 atom stereocenters. The van der Waals surface area contributed by atoms with Gasteiger partial charge in [-0.3, -0.25) is 0 Å². The van der Waals surface area contributed by atoms with E-state index in [-0.39, 0.29) is 22.9 Å². The number of hydrogen-bond acceptors (Lipinski definition) is 4. The standard InChI is InChI=1S/C13H18FNO4S/c1-18-9-3-2-4-10(7-9)19-13-6-5-11(8-12(13)14)20(15,16)17/h5-6,8-10H,2-4,7H2,1H3,(H2,15,16,17). The van der Waals surface area contributed by atoms with E-state index in [4.69, 9.17) is 14.6 Å². The first-order chi connectivity index (χ1) is 9.40. The third kappa shape index (κ3) is 3.68. The van der Waals surface area contributed by atoms with Crippen molar-refractivity contribution in [2.24, 2.45) is 5.14 Å². The van der Waals surface area contributed by atoms with Crippen LogP contribution >= 0.6 is 0 Å². The van der Waals surface area contributed by atoms with Crippen LogP contribution < -0.4 is 9.88 Å². The van der Waals surface area contributed by atoms with Crippen LogP contribution in [-0.2, 0) is 14.8 Å². The summed E-state index contributed by atoms with van der Waals surface area (Å²) in [6.07, 6.45) is 3.47. The summed E-state index contributed by atoms with van der Waals surface area (Å²) in [6, 6.07) is 3.41. The summed E-state index contributed by atoms with van der Waals surface area (Å²) < 4.78 is 47.0. The molecule has 112 valence electrons. The van der Waals surface area contributed by atoms with E-state index in [2.05, 4.69) is 0 Å². The molecule has 2 rings (SSSR count). The number of halogens is 1. The molecular formula is C13H18FNO4S. The average Bonchev–Trinajstić information content (AvgIpc) is 2.40. The highest BCUT2D eigenvalue weighted by Crippen LogP contribution is 2.27. The summed E-state index contributed by atoms with van der Waals surface area (Å²) in [5.41, 5.74) is 0. The van der Waals surface area contributed by atoms with Gasteiger partial charge in [-0.2, -0.15) is 0 Å². The Balaban J connectivity index is 2.10. The van der Waals surface area contributed by atoms with Crippen molar-refractivity contribution in [3.05, 3.63) is 24.0 Å². The second-order valence-corrected chi connectivity index (χ2v) is 6.46. The zero-order chi connectivity index (χ0) is 14.8. The van der Waals surface area contributed by atoms with Gasteiger partial charge in [-0.1, -0.05) is 0 Å². The Hall–Kier alpha value is -1.18. The van der Waals surface area contributed by atoms with Gasteiger partial charge in [0.25, 0.3) is 0 Å².